The minimum atomic E-state index is -3.92. The van der Waals surface area contributed by atoms with Crippen LogP contribution < -0.4 is 10.6 Å². The van der Waals surface area contributed by atoms with Gasteiger partial charge in [-0.15, -0.1) is 0 Å². The summed E-state index contributed by atoms with van der Waals surface area (Å²) in [5.74, 6) is -1.33. The number of fused-ring (bicyclic) bond motifs is 1. The SMILES string of the molecule is CCOP(=O)(OCC)c1cc2c(C(C)=O)cn(CC(=O)OC(C)(C)C)c2cc1NC(=O)c1cncnc1. The summed E-state index contributed by atoms with van der Waals surface area (Å²) in [4.78, 5) is 45.8. The first-order chi connectivity index (χ1) is 17.4. The van der Waals surface area contributed by atoms with Crippen LogP contribution in [0.1, 0.15) is 62.3 Å². The van der Waals surface area contributed by atoms with Crippen molar-refractivity contribution < 1.29 is 32.7 Å². The quantitative estimate of drug-likeness (QED) is 0.233. The van der Waals surface area contributed by atoms with Crippen molar-refractivity contribution in [3.05, 3.63) is 48.2 Å². The van der Waals surface area contributed by atoms with Crippen molar-refractivity contribution in [2.75, 3.05) is 18.5 Å². The van der Waals surface area contributed by atoms with Crippen LogP contribution >= 0.6 is 7.60 Å². The van der Waals surface area contributed by atoms with Crippen molar-refractivity contribution in [1.82, 2.24) is 14.5 Å². The molecule has 37 heavy (non-hydrogen) atoms. The highest BCUT2D eigenvalue weighted by Gasteiger charge is 2.32. The van der Waals surface area contributed by atoms with E-state index in [4.69, 9.17) is 13.8 Å². The number of rotatable bonds is 10. The van der Waals surface area contributed by atoms with E-state index >= 15 is 0 Å². The fraction of sp³-hybridized carbons (Fsp3) is 0.400. The predicted molar refractivity (Wildman–Crippen MR) is 138 cm³/mol. The Balaban J connectivity index is 2.23. The molecule has 0 aliphatic heterocycles. The lowest BCUT2D eigenvalue weighted by molar-refractivity contribution is -0.155. The molecule has 11 nitrogen and oxygen atoms in total. The number of esters is 1. The number of anilines is 1. The molecule has 1 aromatic carbocycles. The smallest absolute Gasteiger partial charge is 0.363 e. The lowest BCUT2D eigenvalue weighted by atomic mass is 10.1. The van der Waals surface area contributed by atoms with Crippen molar-refractivity contribution >= 4 is 47.2 Å². The Morgan fingerprint density at radius 1 is 1.05 bits per heavy atom. The van der Waals surface area contributed by atoms with E-state index in [-0.39, 0.29) is 42.1 Å². The summed E-state index contributed by atoms with van der Waals surface area (Å²) in [7, 11) is -3.92. The third-order valence-corrected chi connectivity index (χ3v) is 7.22. The van der Waals surface area contributed by atoms with Gasteiger partial charge in [0, 0.05) is 29.5 Å². The summed E-state index contributed by atoms with van der Waals surface area (Å²) in [5.41, 5.74) is 0.345. The van der Waals surface area contributed by atoms with E-state index in [0.717, 1.165) is 0 Å². The van der Waals surface area contributed by atoms with Crippen LogP contribution in [0.5, 0.6) is 0 Å². The lowest BCUT2D eigenvalue weighted by Gasteiger charge is -2.21. The molecule has 2 heterocycles. The number of carbonyl (C=O) groups is 3. The predicted octanol–water partition coefficient (Wildman–Crippen LogP) is 4.12. The summed E-state index contributed by atoms with van der Waals surface area (Å²) in [6.07, 6.45) is 5.50. The average molecular weight is 531 g/mol. The third kappa shape index (κ3) is 6.68. The van der Waals surface area contributed by atoms with Crippen LogP contribution in [0, 0.1) is 0 Å². The second-order valence-electron chi connectivity index (χ2n) is 9.11. The van der Waals surface area contributed by atoms with Gasteiger partial charge in [-0.05, 0) is 53.7 Å². The molecule has 2 aromatic heterocycles. The van der Waals surface area contributed by atoms with Crippen LogP contribution in [0.3, 0.4) is 0 Å². The normalized spacial score (nSPS) is 11.9. The molecular formula is C25H31N4O7P. The highest BCUT2D eigenvalue weighted by atomic mass is 31.2. The number of Topliss-reactive ketones (excluding diaryl/α,β-unsaturated/α-hetero) is 1. The number of aromatic nitrogens is 3. The van der Waals surface area contributed by atoms with E-state index in [2.05, 4.69) is 15.3 Å². The zero-order chi connectivity index (χ0) is 27.4. The number of amides is 1. The standard InChI is InChI=1S/C25H31N4O7P/c1-7-34-37(33,35-8-2)22-9-18-19(16(3)30)13-29(14-23(31)36-25(4,5)6)21(18)10-20(22)28-24(32)17-11-26-15-27-12-17/h9-13,15H,7-8,14H2,1-6H3,(H,28,32). The monoisotopic (exact) mass is 530 g/mol. The summed E-state index contributed by atoms with van der Waals surface area (Å²) >= 11 is 0. The van der Waals surface area contributed by atoms with Gasteiger partial charge in [0.05, 0.1) is 35.3 Å². The van der Waals surface area contributed by atoms with Gasteiger partial charge in [0.2, 0.25) is 0 Å². The van der Waals surface area contributed by atoms with Crippen LogP contribution in [-0.4, -0.2) is 51.0 Å². The van der Waals surface area contributed by atoms with Crippen LogP contribution in [0.2, 0.25) is 0 Å². The van der Waals surface area contributed by atoms with Gasteiger partial charge in [-0.2, -0.15) is 0 Å². The summed E-state index contributed by atoms with van der Waals surface area (Å²) < 4.78 is 31.9. The number of ether oxygens (including phenoxy) is 1. The fourth-order valence-corrected chi connectivity index (χ4v) is 5.44. The molecule has 0 radical (unpaired) electrons. The van der Waals surface area contributed by atoms with E-state index in [1.54, 1.807) is 39.2 Å². The van der Waals surface area contributed by atoms with Crippen molar-refractivity contribution in [2.24, 2.45) is 0 Å². The van der Waals surface area contributed by atoms with Crippen LogP contribution in [0.25, 0.3) is 10.9 Å². The molecule has 0 saturated carbocycles. The Bertz CT molecular complexity index is 1350. The maximum absolute atomic E-state index is 13.8. The number of carbonyl (C=O) groups excluding carboxylic acids is 3. The molecular weight excluding hydrogens is 499 g/mol. The van der Waals surface area contributed by atoms with Gasteiger partial charge >= 0.3 is 13.6 Å². The zero-order valence-corrected chi connectivity index (χ0v) is 22.6. The van der Waals surface area contributed by atoms with Crippen LogP contribution in [-0.2, 0) is 29.7 Å². The molecule has 0 spiro atoms. The first-order valence-electron chi connectivity index (χ1n) is 11.7. The number of nitrogens with one attached hydrogen (secondary N) is 1. The lowest BCUT2D eigenvalue weighted by Crippen LogP contribution is -2.26. The van der Waals surface area contributed by atoms with Gasteiger partial charge in [-0.25, -0.2) is 9.97 Å². The van der Waals surface area contributed by atoms with Gasteiger partial charge in [-0.1, -0.05) is 0 Å². The van der Waals surface area contributed by atoms with E-state index in [0.29, 0.717) is 16.5 Å². The number of ketones is 1. The first-order valence-corrected chi connectivity index (χ1v) is 13.3. The minimum Gasteiger partial charge on any atom is -0.459 e. The zero-order valence-electron chi connectivity index (χ0n) is 21.7. The topological polar surface area (TPSA) is 139 Å². The summed E-state index contributed by atoms with van der Waals surface area (Å²) in [6.45, 7) is 9.97. The fourth-order valence-electron chi connectivity index (χ4n) is 3.70. The molecule has 0 aliphatic rings. The van der Waals surface area contributed by atoms with E-state index in [9.17, 15) is 18.9 Å². The van der Waals surface area contributed by atoms with Gasteiger partial charge in [0.15, 0.2) is 5.78 Å². The van der Waals surface area contributed by atoms with Gasteiger partial charge < -0.3 is 23.7 Å². The average Bonchev–Trinajstić information content (AvgIpc) is 3.15. The van der Waals surface area contributed by atoms with Gasteiger partial charge in [-0.3, -0.25) is 18.9 Å². The largest absolute Gasteiger partial charge is 0.459 e. The Morgan fingerprint density at radius 3 is 2.22 bits per heavy atom. The van der Waals surface area contributed by atoms with Crippen molar-refractivity contribution in [3.8, 4) is 0 Å². The Morgan fingerprint density at radius 2 is 1.68 bits per heavy atom. The van der Waals surface area contributed by atoms with Crippen molar-refractivity contribution in [3.63, 3.8) is 0 Å². The molecule has 3 rings (SSSR count). The van der Waals surface area contributed by atoms with E-state index in [1.807, 2.05) is 0 Å². The molecule has 198 valence electrons. The van der Waals surface area contributed by atoms with Crippen molar-refractivity contribution in [1.29, 1.82) is 0 Å². The van der Waals surface area contributed by atoms with Crippen molar-refractivity contribution in [2.45, 2.75) is 53.7 Å². The van der Waals surface area contributed by atoms with E-state index in [1.165, 1.54) is 44.0 Å². The second kappa shape index (κ2) is 11.3. The first kappa shape index (κ1) is 28.2. The highest BCUT2D eigenvalue weighted by Crippen LogP contribution is 2.49. The Kier molecular flexibility index (Phi) is 8.63. The van der Waals surface area contributed by atoms with E-state index < -0.39 is 25.1 Å². The molecule has 1 N–H and O–H groups in total. The minimum absolute atomic E-state index is 0.0754. The molecule has 0 fully saturated rings. The van der Waals surface area contributed by atoms with Crippen LogP contribution in [0.15, 0.2) is 37.1 Å². The Hall–Kier alpha value is -3.40. The second-order valence-corrected chi connectivity index (χ2v) is 11.1. The maximum atomic E-state index is 13.8. The molecule has 0 aliphatic carbocycles. The maximum Gasteiger partial charge on any atom is 0.363 e. The summed E-state index contributed by atoms with van der Waals surface area (Å²) in [6, 6.07) is 3.04. The number of benzene rings is 1. The van der Waals surface area contributed by atoms with Gasteiger partial charge in [0.1, 0.15) is 18.5 Å². The molecule has 1 amide bonds. The van der Waals surface area contributed by atoms with Gasteiger partial charge in [0.25, 0.3) is 5.91 Å². The molecule has 0 saturated heterocycles. The summed E-state index contributed by atoms with van der Waals surface area (Å²) in [5, 5.41) is 3.23. The molecule has 12 heteroatoms. The molecule has 0 unspecified atom stereocenters. The molecule has 0 atom stereocenters. The molecule has 0 bridgehead atoms. The third-order valence-electron chi connectivity index (χ3n) is 5.06. The molecule has 3 aromatic rings. The number of nitrogens with zero attached hydrogens (tertiary/aromatic N) is 3. The van der Waals surface area contributed by atoms with Crippen LogP contribution in [0.4, 0.5) is 5.69 Å². The Labute approximate surface area is 215 Å². The highest BCUT2D eigenvalue weighted by molar-refractivity contribution is 7.62. The number of hydrogen-bond donors (Lipinski definition) is 1. The number of hydrogen-bond acceptors (Lipinski definition) is 9.